The van der Waals surface area contributed by atoms with Gasteiger partial charge in [-0.1, -0.05) is 6.07 Å². The summed E-state index contributed by atoms with van der Waals surface area (Å²) in [7, 11) is 0. The van der Waals surface area contributed by atoms with E-state index in [-0.39, 0.29) is 42.8 Å². The Morgan fingerprint density at radius 2 is 1.89 bits per heavy atom. The number of hydrogen-bond donors (Lipinski definition) is 6. The first kappa shape index (κ1) is 22.8. The summed E-state index contributed by atoms with van der Waals surface area (Å²) in [6.45, 7) is -0.230. The number of nitrogens with zero attached hydrogens (tertiary/aromatic N) is 1. The number of aliphatic hydroxyl groups excluding tert-OH is 3. The molecule has 5 rings (SSSR count). The van der Waals surface area contributed by atoms with Crippen LogP contribution in [0.5, 0.6) is 5.75 Å². The maximum atomic E-state index is 13.5. The minimum Gasteiger partial charge on any atom is -0.508 e. The Bertz CT molecular complexity index is 1390. The average Bonchev–Trinajstić information content (AvgIpc) is 2.81. The predicted octanol–water partition coefficient (Wildman–Crippen LogP) is 0.978. The van der Waals surface area contributed by atoms with Crippen LogP contribution in [0.1, 0.15) is 29.5 Å². The molecule has 1 fully saturated rings. The third-order valence-corrected chi connectivity index (χ3v) is 7.24. The van der Waals surface area contributed by atoms with Gasteiger partial charge in [0.05, 0.1) is 12.2 Å². The minimum atomic E-state index is -2.60. The summed E-state index contributed by atoms with van der Waals surface area (Å²) in [4.78, 5) is 41.8. The molecule has 0 unspecified atom stereocenters. The molecule has 3 atom stereocenters. The van der Waals surface area contributed by atoms with E-state index in [1.165, 1.54) is 12.3 Å². The SMILES string of the molecule is NC(=O)C1=C(O)[C@@]2(O)C(=O)C3=C(O)c4c(O)ccc(-c5cncc(CO)c5)c4C[C@H]3C[C@H]2CC1=O. The third-order valence-electron chi connectivity index (χ3n) is 7.24. The van der Waals surface area contributed by atoms with Gasteiger partial charge in [0.25, 0.3) is 5.91 Å². The number of fused-ring (bicyclic) bond motifs is 3. The zero-order valence-corrected chi connectivity index (χ0v) is 18.4. The van der Waals surface area contributed by atoms with Crippen LogP contribution in [0.15, 0.2) is 47.5 Å². The van der Waals surface area contributed by atoms with Gasteiger partial charge in [-0.15, -0.1) is 0 Å². The molecule has 35 heavy (non-hydrogen) atoms. The molecule has 10 heteroatoms. The lowest BCUT2D eigenvalue weighted by atomic mass is 9.59. The number of aromatic hydroxyl groups is 1. The van der Waals surface area contributed by atoms with Crippen molar-refractivity contribution in [1.82, 2.24) is 4.98 Å². The lowest BCUT2D eigenvalue weighted by molar-refractivity contribution is -0.147. The summed E-state index contributed by atoms with van der Waals surface area (Å²) in [6, 6.07) is 4.71. The van der Waals surface area contributed by atoms with Gasteiger partial charge >= 0.3 is 0 Å². The van der Waals surface area contributed by atoms with Gasteiger partial charge in [-0.2, -0.15) is 0 Å². The number of rotatable bonds is 3. The van der Waals surface area contributed by atoms with Gasteiger partial charge in [0.1, 0.15) is 22.8 Å². The number of hydrogen-bond acceptors (Lipinski definition) is 9. The topological polar surface area (TPSA) is 191 Å². The van der Waals surface area contributed by atoms with Crippen molar-refractivity contribution < 1.29 is 39.9 Å². The molecule has 180 valence electrons. The van der Waals surface area contributed by atoms with Crippen molar-refractivity contribution in [3.8, 4) is 16.9 Å². The standard InChI is InChI=1S/C25H22N2O8/c26-24(34)20-17(30)6-13-4-11-5-15-14(12-3-10(9-28)7-27-8-12)1-2-16(29)19(15)21(31)18(11)22(32)25(13,35)23(20)33/h1-3,7-8,11,13,28-29,31,33,35H,4-6,9H2,(H2,26,34)/t11-,13+,25+/m1/s1. The van der Waals surface area contributed by atoms with E-state index in [1.54, 1.807) is 18.3 Å². The maximum Gasteiger partial charge on any atom is 0.255 e. The predicted molar refractivity (Wildman–Crippen MR) is 121 cm³/mol. The molecule has 2 aromatic rings. The number of aromatic nitrogens is 1. The minimum absolute atomic E-state index is 0.00373. The number of benzene rings is 1. The molecule has 10 nitrogen and oxygen atoms in total. The molecule has 0 saturated heterocycles. The van der Waals surface area contributed by atoms with Crippen LogP contribution in [0.25, 0.3) is 16.9 Å². The van der Waals surface area contributed by atoms with Gasteiger partial charge in [-0.05, 0) is 47.6 Å². The van der Waals surface area contributed by atoms with E-state index < -0.39 is 52.0 Å². The Hall–Kier alpha value is -4.02. The Labute approximate surface area is 198 Å². The fraction of sp³-hybridized carbons (Fsp3) is 0.280. The van der Waals surface area contributed by atoms with E-state index in [9.17, 15) is 39.9 Å². The van der Waals surface area contributed by atoms with Crippen molar-refractivity contribution in [1.29, 1.82) is 0 Å². The lowest BCUT2D eigenvalue weighted by Gasteiger charge is -2.46. The molecule has 0 aliphatic heterocycles. The summed E-state index contributed by atoms with van der Waals surface area (Å²) in [5, 5.41) is 53.1. The quantitative estimate of drug-likeness (QED) is 0.349. The molecule has 1 amide bonds. The number of pyridine rings is 1. The number of primary amides is 1. The normalized spacial score (nSPS) is 25.8. The fourth-order valence-electron chi connectivity index (χ4n) is 5.61. The van der Waals surface area contributed by atoms with Gasteiger partial charge in [0.15, 0.2) is 11.4 Å². The Morgan fingerprint density at radius 3 is 2.57 bits per heavy atom. The smallest absolute Gasteiger partial charge is 0.255 e. The van der Waals surface area contributed by atoms with Crippen LogP contribution in [0, 0.1) is 11.8 Å². The van der Waals surface area contributed by atoms with E-state index in [0.29, 0.717) is 22.3 Å². The second-order valence-electron chi connectivity index (χ2n) is 9.13. The Kier molecular flexibility index (Phi) is 5.04. The van der Waals surface area contributed by atoms with Gasteiger partial charge in [-0.3, -0.25) is 19.4 Å². The molecule has 3 aliphatic rings. The Balaban J connectivity index is 1.70. The number of ketones is 2. The molecule has 3 aliphatic carbocycles. The van der Waals surface area contributed by atoms with Crippen LogP contribution in [-0.4, -0.2) is 53.6 Å². The fourth-order valence-corrected chi connectivity index (χ4v) is 5.61. The van der Waals surface area contributed by atoms with Crippen LogP contribution < -0.4 is 5.73 Å². The monoisotopic (exact) mass is 478 g/mol. The van der Waals surface area contributed by atoms with Gasteiger partial charge in [0.2, 0.25) is 5.78 Å². The summed E-state index contributed by atoms with van der Waals surface area (Å²) in [5.74, 6) is -6.69. The summed E-state index contributed by atoms with van der Waals surface area (Å²) in [6.07, 6.45) is 2.93. The van der Waals surface area contributed by atoms with E-state index >= 15 is 0 Å². The Morgan fingerprint density at radius 1 is 1.14 bits per heavy atom. The molecule has 7 N–H and O–H groups in total. The highest BCUT2D eigenvalue weighted by Crippen LogP contribution is 2.53. The molecule has 0 radical (unpaired) electrons. The summed E-state index contributed by atoms with van der Waals surface area (Å²) < 4.78 is 0. The van der Waals surface area contributed by atoms with Crippen LogP contribution >= 0.6 is 0 Å². The number of Topliss-reactive ketones (excluding diaryl/α,β-unsaturated/α-hetero) is 2. The molecule has 1 aromatic heterocycles. The zero-order valence-electron chi connectivity index (χ0n) is 18.4. The molecular formula is C25H22N2O8. The number of nitrogens with two attached hydrogens (primary N) is 1. The maximum absolute atomic E-state index is 13.5. The number of phenolic OH excluding ortho intramolecular Hbond substituents is 1. The summed E-state index contributed by atoms with van der Waals surface area (Å²) in [5.41, 5.74) is 3.92. The van der Waals surface area contributed by atoms with Crippen LogP contribution in [0.3, 0.4) is 0 Å². The van der Waals surface area contributed by atoms with E-state index in [4.69, 9.17) is 5.73 Å². The number of carbonyl (C=O) groups is 3. The van der Waals surface area contributed by atoms with Crippen LogP contribution in [-0.2, 0) is 27.4 Å². The summed E-state index contributed by atoms with van der Waals surface area (Å²) >= 11 is 0. The number of phenols is 1. The second-order valence-corrected chi connectivity index (χ2v) is 9.13. The number of amides is 1. The first-order valence-electron chi connectivity index (χ1n) is 11.0. The molecule has 0 bridgehead atoms. The second kappa shape index (κ2) is 7.76. The molecule has 1 saturated carbocycles. The zero-order chi connectivity index (χ0) is 25.2. The number of aliphatic hydroxyl groups is 4. The first-order valence-corrected chi connectivity index (χ1v) is 11.0. The van der Waals surface area contributed by atoms with Gasteiger partial charge in [-0.25, -0.2) is 0 Å². The highest BCUT2D eigenvalue weighted by atomic mass is 16.3. The number of carbonyl (C=O) groups excluding carboxylic acids is 3. The molecule has 1 aromatic carbocycles. The highest BCUT2D eigenvalue weighted by Gasteiger charge is 2.60. The molecule has 1 heterocycles. The average molecular weight is 478 g/mol. The van der Waals surface area contributed by atoms with Crippen molar-refractivity contribution >= 4 is 23.2 Å². The van der Waals surface area contributed by atoms with Crippen molar-refractivity contribution in [3.05, 3.63) is 64.2 Å². The third kappa shape index (κ3) is 3.10. The van der Waals surface area contributed by atoms with Crippen molar-refractivity contribution in [2.24, 2.45) is 17.6 Å². The highest BCUT2D eigenvalue weighted by molar-refractivity contribution is 6.22. The van der Waals surface area contributed by atoms with Gasteiger partial charge in [0, 0.05) is 35.9 Å². The molecular weight excluding hydrogens is 456 g/mol. The largest absolute Gasteiger partial charge is 0.508 e. The van der Waals surface area contributed by atoms with Crippen LogP contribution in [0.2, 0.25) is 0 Å². The van der Waals surface area contributed by atoms with E-state index in [0.717, 1.165) is 0 Å². The lowest BCUT2D eigenvalue weighted by Crippen LogP contribution is -2.58. The van der Waals surface area contributed by atoms with E-state index in [1.807, 2.05) is 0 Å². The first-order chi connectivity index (χ1) is 16.6. The van der Waals surface area contributed by atoms with Crippen molar-refractivity contribution in [2.45, 2.75) is 31.5 Å². The van der Waals surface area contributed by atoms with E-state index in [2.05, 4.69) is 4.98 Å². The van der Waals surface area contributed by atoms with Gasteiger partial charge < -0.3 is 31.3 Å². The van der Waals surface area contributed by atoms with Crippen LogP contribution in [0.4, 0.5) is 0 Å². The van der Waals surface area contributed by atoms with Crippen molar-refractivity contribution in [3.63, 3.8) is 0 Å². The van der Waals surface area contributed by atoms with Crippen molar-refractivity contribution in [2.75, 3.05) is 0 Å². The molecule has 0 spiro atoms.